The third-order valence-electron chi connectivity index (χ3n) is 2.08. The lowest BCUT2D eigenvalue weighted by Gasteiger charge is -2.19. The molecular weight excluding hydrogens is 228 g/mol. The molecule has 1 aromatic carbocycles. The monoisotopic (exact) mass is 244 g/mol. The Bertz CT molecular complexity index is 338. The molecule has 3 nitrogen and oxygen atoms in total. The zero-order chi connectivity index (χ0) is 11.5. The van der Waals surface area contributed by atoms with Crippen LogP contribution in [0.2, 0.25) is 0 Å². The average Bonchev–Trinajstić information content (AvgIpc) is 2.14. The summed E-state index contributed by atoms with van der Waals surface area (Å²) in [6.07, 6.45) is 0. The van der Waals surface area contributed by atoms with Gasteiger partial charge in [0.2, 0.25) is 0 Å². The van der Waals surface area contributed by atoms with Gasteiger partial charge in [-0.2, -0.15) is 0 Å². The predicted octanol–water partition coefficient (Wildman–Crippen LogP) is 2.87. The molecule has 0 bridgehead atoms. The zero-order valence-electron chi connectivity index (χ0n) is 9.69. The van der Waals surface area contributed by atoms with Crippen LogP contribution in [0.5, 0.6) is 5.75 Å². The third-order valence-corrected chi connectivity index (χ3v) is 2.08. The van der Waals surface area contributed by atoms with Gasteiger partial charge in [0.1, 0.15) is 5.75 Å². The fourth-order valence-electron chi connectivity index (χ4n) is 1.20. The molecule has 0 amide bonds. The molecule has 0 fully saturated rings. The van der Waals surface area contributed by atoms with E-state index in [1.54, 1.807) is 12.1 Å². The average molecular weight is 245 g/mol. The van der Waals surface area contributed by atoms with Gasteiger partial charge >= 0.3 is 5.97 Å². The molecule has 0 unspecified atom stereocenters. The molecule has 0 aliphatic carbocycles. The van der Waals surface area contributed by atoms with E-state index in [0.29, 0.717) is 5.75 Å². The summed E-state index contributed by atoms with van der Waals surface area (Å²) in [4.78, 5) is 10.3. The largest absolute Gasteiger partial charge is 0.482 e. The van der Waals surface area contributed by atoms with Crippen LogP contribution in [0.4, 0.5) is 0 Å². The van der Waals surface area contributed by atoms with Crippen molar-refractivity contribution in [1.82, 2.24) is 0 Å². The number of aliphatic carboxylic acids is 1. The summed E-state index contributed by atoms with van der Waals surface area (Å²) in [6.45, 7) is 6.08. The van der Waals surface area contributed by atoms with E-state index in [1.165, 1.54) is 5.56 Å². The molecule has 16 heavy (non-hydrogen) atoms. The predicted molar refractivity (Wildman–Crippen MR) is 65.5 cm³/mol. The van der Waals surface area contributed by atoms with E-state index < -0.39 is 5.97 Å². The highest BCUT2D eigenvalue weighted by atomic mass is 35.5. The van der Waals surface area contributed by atoms with Gasteiger partial charge in [0.15, 0.2) is 6.61 Å². The Morgan fingerprint density at radius 1 is 1.25 bits per heavy atom. The lowest BCUT2D eigenvalue weighted by atomic mass is 9.87. The summed E-state index contributed by atoms with van der Waals surface area (Å²) in [6, 6.07) is 7.50. The summed E-state index contributed by atoms with van der Waals surface area (Å²) >= 11 is 0. The number of rotatable bonds is 3. The number of carboxylic acid groups (broad SMARTS) is 1. The molecule has 0 atom stereocenters. The molecule has 0 aromatic heterocycles. The van der Waals surface area contributed by atoms with E-state index in [2.05, 4.69) is 20.8 Å². The van der Waals surface area contributed by atoms with Gasteiger partial charge in [-0.25, -0.2) is 4.79 Å². The van der Waals surface area contributed by atoms with Crippen molar-refractivity contribution in [2.24, 2.45) is 0 Å². The molecule has 0 saturated carbocycles. The Hall–Kier alpha value is -1.22. The van der Waals surface area contributed by atoms with Gasteiger partial charge in [-0.15, -0.1) is 12.4 Å². The van der Waals surface area contributed by atoms with Crippen LogP contribution in [0.3, 0.4) is 0 Å². The van der Waals surface area contributed by atoms with Gasteiger partial charge in [0, 0.05) is 0 Å². The van der Waals surface area contributed by atoms with E-state index in [9.17, 15) is 4.79 Å². The van der Waals surface area contributed by atoms with E-state index in [0.717, 1.165) is 0 Å². The van der Waals surface area contributed by atoms with Crippen molar-refractivity contribution < 1.29 is 14.6 Å². The van der Waals surface area contributed by atoms with Crippen LogP contribution in [-0.4, -0.2) is 17.7 Å². The molecule has 0 saturated heterocycles. The summed E-state index contributed by atoms with van der Waals surface area (Å²) < 4.78 is 5.04. The Kier molecular flexibility index (Phi) is 5.31. The molecule has 1 N–H and O–H groups in total. The molecule has 90 valence electrons. The normalized spacial score (nSPS) is 10.4. The van der Waals surface area contributed by atoms with Crippen LogP contribution in [0.25, 0.3) is 0 Å². The SMILES string of the molecule is CC(C)(C)c1ccc(OCC(=O)O)cc1.Cl. The Balaban J connectivity index is 0.00000225. The Morgan fingerprint density at radius 2 is 1.75 bits per heavy atom. The van der Waals surface area contributed by atoms with E-state index in [-0.39, 0.29) is 24.4 Å². The lowest BCUT2D eigenvalue weighted by Crippen LogP contribution is -2.12. The van der Waals surface area contributed by atoms with Gasteiger partial charge in [-0.1, -0.05) is 32.9 Å². The first kappa shape index (κ1) is 14.8. The number of carbonyl (C=O) groups is 1. The second kappa shape index (κ2) is 5.75. The number of hydrogen-bond donors (Lipinski definition) is 1. The van der Waals surface area contributed by atoms with Gasteiger partial charge in [-0.05, 0) is 23.1 Å². The maximum atomic E-state index is 10.3. The molecule has 0 heterocycles. The first-order chi connectivity index (χ1) is 6.89. The van der Waals surface area contributed by atoms with Crippen molar-refractivity contribution in [1.29, 1.82) is 0 Å². The molecule has 0 aliphatic heterocycles. The highest BCUT2D eigenvalue weighted by Gasteiger charge is 2.12. The lowest BCUT2D eigenvalue weighted by molar-refractivity contribution is -0.139. The quantitative estimate of drug-likeness (QED) is 0.889. The minimum absolute atomic E-state index is 0. The number of ether oxygens (including phenoxy) is 1. The van der Waals surface area contributed by atoms with Crippen molar-refractivity contribution in [3.8, 4) is 5.75 Å². The van der Waals surface area contributed by atoms with Gasteiger partial charge in [-0.3, -0.25) is 0 Å². The van der Waals surface area contributed by atoms with Gasteiger partial charge in [0.25, 0.3) is 0 Å². The van der Waals surface area contributed by atoms with Crippen molar-refractivity contribution in [3.05, 3.63) is 29.8 Å². The molecule has 1 aromatic rings. The van der Waals surface area contributed by atoms with E-state index in [1.807, 2.05) is 12.1 Å². The maximum absolute atomic E-state index is 10.3. The minimum Gasteiger partial charge on any atom is -0.482 e. The summed E-state index contributed by atoms with van der Waals surface area (Å²) in [5, 5.41) is 8.43. The van der Waals surface area contributed by atoms with Crippen molar-refractivity contribution in [3.63, 3.8) is 0 Å². The number of halogens is 1. The van der Waals surface area contributed by atoms with E-state index in [4.69, 9.17) is 9.84 Å². The zero-order valence-corrected chi connectivity index (χ0v) is 10.5. The molecule has 0 spiro atoms. The fourth-order valence-corrected chi connectivity index (χ4v) is 1.20. The second-order valence-electron chi connectivity index (χ2n) is 4.46. The molecule has 0 aliphatic rings. The van der Waals surface area contributed by atoms with Crippen molar-refractivity contribution in [2.75, 3.05) is 6.61 Å². The summed E-state index contributed by atoms with van der Waals surface area (Å²) in [7, 11) is 0. The first-order valence-corrected chi connectivity index (χ1v) is 4.85. The summed E-state index contributed by atoms with van der Waals surface area (Å²) in [5.41, 5.74) is 1.30. The number of carboxylic acids is 1. The number of hydrogen-bond acceptors (Lipinski definition) is 2. The second-order valence-corrected chi connectivity index (χ2v) is 4.46. The highest BCUT2D eigenvalue weighted by Crippen LogP contribution is 2.24. The van der Waals surface area contributed by atoms with Crippen molar-refractivity contribution in [2.45, 2.75) is 26.2 Å². The Labute approximate surface area is 102 Å². The minimum atomic E-state index is -0.963. The molecular formula is C12H17ClO3. The van der Waals surface area contributed by atoms with Gasteiger partial charge < -0.3 is 9.84 Å². The van der Waals surface area contributed by atoms with Crippen LogP contribution < -0.4 is 4.74 Å². The maximum Gasteiger partial charge on any atom is 0.341 e. The first-order valence-electron chi connectivity index (χ1n) is 4.85. The number of benzene rings is 1. The van der Waals surface area contributed by atoms with Crippen LogP contribution in [0.15, 0.2) is 24.3 Å². The summed E-state index contributed by atoms with van der Waals surface area (Å²) in [5.74, 6) is -0.375. The van der Waals surface area contributed by atoms with E-state index >= 15 is 0 Å². The Morgan fingerprint density at radius 3 is 2.12 bits per heavy atom. The highest BCUT2D eigenvalue weighted by molar-refractivity contribution is 5.85. The van der Waals surface area contributed by atoms with Crippen LogP contribution in [-0.2, 0) is 10.2 Å². The third kappa shape index (κ3) is 4.53. The van der Waals surface area contributed by atoms with Crippen LogP contribution >= 0.6 is 12.4 Å². The molecule has 4 heteroatoms. The molecule has 1 rings (SSSR count). The van der Waals surface area contributed by atoms with Crippen molar-refractivity contribution >= 4 is 18.4 Å². The topological polar surface area (TPSA) is 46.5 Å². The van der Waals surface area contributed by atoms with Crippen LogP contribution in [0, 0.1) is 0 Å². The fraction of sp³-hybridized carbons (Fsp3) is 0.417. The van der Waals surface area contributed by atoms with Gasteiger partial charge in [0.05, 0.1) is 0 Å². The molecule has 0 radical (unpaired) electrons. The standard InChI is InChI=1S/C12H16O3.ClH/c1-12(2,3)9-4-6-10(7-5-9)15-8-11(13)14;/h4-7H,8H2,1-3H3,(H,13,14);1H. The van der Waals surface area contributed by atoms with Crippen LogP contribution in [0.1, 0.15) is 26.3 Å². The smallest absolute Gasteiger partial charge is 0.341 e.